The van der Waals surface area contributed by atoms with Crippen molar-refractivity contribution >= 4 is 23.5 Å². The van der Waals surface area contributed by atoms with Gasteiger partial charge in [0.05, 0.1) is 6.20 Å². The Morgan fingerprint density at radius 3 is 2.81 bits per heavy atom. The monoisotopic (exact) mass is 252 g/mol. The van der Waals surface area contributed by atoms with Gasteiger partial charge in [0.1, 0.15) is 6.26 Å². The molecule has 2 rings (SSSR count). The molecule has 84 valence electrons. The van der Waals surface area contributed by atoms with Gasteiger partial charge in [0.2, 0.25) is 0 Å². The highest BCUT2D eigenvalue weighted by Gasteiger charge is 2.09. The normalized spacial score (nSPS) is 10.6. The third-order valence-electron chi connectivity index (χ3n) is 2.12. The first-order valence-electron chi connectivity index (χ1n) is 4.78. The van der Waals surface area contributed by atoms with Gasteiger partial charge in [-0.1, -0.05) is 6.07 Å². The van der Waals surface area contributed by atoms with Crippen LogP contribution in [0.25, 0.3) is 0 Å². The lowest BCUT2D eigenvalue weighted by Gasteiger charge is -2.09. The molecule has 0 aliphatic carbocycles. The van der Waals surface area contributed by atoms with Crippen LogP contribution in [0.2, 0.25) is 0 Å². The van der Waals surface area contributed by atoms with Crippen molar-refractivity contribution in [1.29, 1.82) is 0 Å². The molecule has 1 aromatic heterocycles. The molecule has 0 aliphatic heterocycles. The van der Waals surface area contributed by atoms with E-state index in [-0.39, 0.29) is 0 Å². The number of rotatable bonds is 4. The number of hydrogen-bond donors (Lipinski definition) is 1. The van der Waals surface area contributed by atoms with Crippen molar-refractivity contribution in [3.63, 3.8) is 0 Å². The second-order valence-electron chi connectivity index (χ2n) is 3.04. The second-order valence-corrected chi connectivity index (χ2v) is 4.88. The van der Waals surface area contributed by atoms with Crippen LogP contribution >= 0.6 is 23.5 Å². The highest BCUT2D eigenvalue weighted by molar-refractivity contribution is 7.99. The maximum Gasteiger partial charge on any atom is 0.260 e. The van der Waals surface area contributed by atoms with Gasteiger partial charge < -0.3 is 10.2 Å². The topological polar surface area (TPSA) is 52.0 Å². The molecule has 0 atom stereocenters. The third-order valence-corrected chi connectivity index (χ3v) is 3.92. The van der Waals surface area contributed by atoms with E-state index >= 15 is 0 Å². The van der Waals surface area contributed by atoms with E-state index in [4.69, 9.17) is 10.2 Å². The molecule has 16 heavy (non-hydrogen) atoms. The van der Waals surface area contributed by atoms with E-state index in [1.807, 2.05) is 18.4 Å². The molecule has 1 heterocycles. The quantitative estimate of drug-likeness (QED) is 0.848. The van der Waals surface area contributed by atoms with E-state index < -0.39 is 0 Å². The Morgan fingerprint density at radius 2 is 2.19 bits per heavy atom. The molecule has 0 saturated carbocycles. The summed E-state index contributed by atoms with van der Waals surface area (Å²) < 4.78 is 5.21. The molecule has 0 saturated heterocycles. The molecule has 0 bridgehead atoms. The Bertz CT molecular complexity index is 457. The summed E-state index contributed by atoms with van der Waals surface area (Å²) in [6.07, 6.45) is 5.26. The minimum Gasteiger partial charge on any atom is -0.440 e. The molecule has 0 unspecified atom stereocenters. The van der Waals surface area contributed by atoms with E-state index in [2.05, 4.69) is 11.1 Å². The minimum absolute atomic E-state index is 0.528. The van der Waals surface area contributed by atoms with E-state index in [1.54, 1.807) is 24.2 Å². The van der Waals surface area contributed by atoms with Crippen molar-refractivity contribution in [2.24, 2.45) is 5.73 Å². The summed E-state index contributed by atoms with van der Waals surface area (Å²) in [6, 6.07) is 6.14. The molecule has 2 aromatic rings. The van der Waals surface area contributed by atoms with Crippen LogP contribution < -0.4 is 5.73 Å². The van der Waals surface area contributed by atoms with Crippen LogP contribution in [-0.2, 0) is 6.54 Å². The van der Waals surface area contributed by atoms with Gasteiger partial charge in [-0.05, 0) is 35.7 Å². The van der Waals surface area contributed by atoms with E-state index in [0.29, 0.717) is 11.8 Å². The maximum absolute atomic E-state index is 5.78. The zero-order valence-corrected chi connectivity index (χ0v) is 10.5. The number of aromatic nitrogens is 1. The van der Waals surface area contributed by atoms with Gasteiger partial charge in [-0.15, -0.1) is 11.8 Å². The number of benzene rings is 1. The minimum atomic E-state index is 0.528. The molecule has 0 amide bonds. The summed E-state index contributed by atoms with van der Waals surface area (Å²) in [5, 5.41) is 0.646. The molecule has 0 fully saturated rings. The van der Waals surface area contributed by atoms with Gasteiger partial charge in [0.25, 0.3) is 5.22 Å². The lowest BCUT2D eigenvalue weighted by Crippen LogP contribution is -2.00. The average molecular weight is 252 g/mol. The van der Waals surface area contributed by atoms with E-state index in [9.17, 15) is 0 Å². The molecule has 0 aliphatic rings. The lowest BCUT2D eigenvalue weighted by molar-refractivity contribution is 0.454. The number of oxazole rings is 1. The molecular weight excluding hydrogens is 240 g/mol. The van der Waals surface area contributed by atoms with Crippen LogP contribution in [0.3, 0.4) is 0 Å². The van der Waals surface area contributed by atoms with Crippen LogP contribution in [0.1, 0.15) is 5.56 Å². The summed E-state index contributed by atoms with van der Waals surface area (Å²) >= 11 is 3.21. The smallest absolute Gasteiger partial charge is 0.260 e. The first-order valence-corrected chi connectivity index (χ1v) is 6.82. The van der Waals surface area contributed by atoms with Gasteiger partial charge in [-0.2, -0.15) is 0 Å². The first-order chi connectivity index (χ1) is 7.85. The van der Waals surface area contributed by atoms with E-state index in [1.165, 1.54) is 16.7 Å². The van der Waals surface area contributed by atoms with Crippen molar-refractivity contribution in [3.8, 4) is 0 Å². The number of nitrogens with two attached hydrogens (primary N) is 1. The summed E-state index contributed by atoms with van der Waals surface area (Å²) in [4.78, 5) is 6.41. The second kappa shape index (κ2) is 5.43. The third kappa shape index (κ3) is 2.42. The Labute approximate surface area is 103 Å². The van der Waals surface area contributed by atoms with Crippen LogP contribution in [0.4, 0.5) is 0 Å². The Hall–Kier alpha value is -0.910. The Kier molecular flexibility index (Phi) is 3.93. The van der Waals surface area contributed by atoms with Gasteiger partial charge >= 0.3 is 0 Å². The van der Waals surface area contributed by atoms with Gasteiger partial charge in [-0.3, -0.25) is 0 Å². The Balaban J connectivity index is 2.33. The first kappa shape index (κ1) is 11.6. The zero-order chi connectivity index (χ0) is 11.4. The summed E-state index contributed by atoms with van der Waals surface area (Å²) in [5.74, 6) is 0. The van der Waals surface area contributed by atoms with Crippen molar-refractivity contribution in [2.75, 3.05) is 6.26 Å². The average Bonchev–Trinajstić information content (AvgIpc) is 2.81. The van der Waals surface area contributed by atoms with Crippen LogP contribution in [0, 0.1) is 0 Å². The SMILES string of the molecule is CSc1cccc(Sc2ncco2)c1CN. The van der Waals surface area contributed by atoms with Crippen molar-refractivity contribution in [3.05, 3.63) is 36.2 Å². The van der Waals surface area contributed by atoms with Crippen LogP contribution in [0.5, 0.6) is 0 Å². The fourth-order valence-electron chi connectivity index (χ4n) is 1.39. The van der Waals surface area contributed by atoms with Crippen LogP contribution in [0.15, 0.2) is 50.1 Å². The molecule has 0 spiro atoms. The Morgan fingerprint density at radius 1 is 1.38 bits per heavy atom. The highest BCUT2D eigenvalue weighted by atomic mass is 32.2. The van der Waals surface area contributed by atoms with Crippen molar-refractivity contribution < 1.29 is 4.42 Å². The van der Waals surface area contributed by atoms with E-state index in [0.717, 1.165) is 10.5 Å². The maximum atomic E-state index is 5.78. The van der Waals surface area contributed by atoms with Crippen molar-refractivity contribution in [1.82, 2.24) is 4.98 Å². The number of hydrogen-bond acceptors (Lipinski definition) is 5. The summed E-state index contributed by atoms with van der Waals surface area (Å²) in [7, 11) is 0. The fourth-order valence-corrected chi connectivity index (χ4v) is 2.98. The molecular formula is C11H12N2OS2. The summed E-state index contributed by atoms with van der Waals surface area (Å²) in [6.45, 7) is 0.528. The molecule has 0 radical (unpaired) electrons. The van der Waals surface area contributed by atoms with Gasteiger partial charge in [0, 0.05) is 16.3 Å². The molecule has 1 aromatic carbocycles. The highest BCUT2D eigenvalue weighted by Crippen LogP contribution is 2.33. The van der Waals surface area contributed by atoms with Crippen LogP contribution in [-0.4, -0.2) is 11.2 Å². The number of thioether (sulfide) groups is 1. The number of nitrogens with zero attached hydrogens (tertiary/aromatic N) is 1. The lowest BCUT2D eigenvalue weighted by atomic mass is 10.2. The standard InChI is InChI=1S/C11H12N2OS2/c1-15-9-3-2-4-10(8(9)7-12)16-11-13-5-6-14-11/h2-6H,7,12H2,1H3. The fraction of sp³-hybridized carbons (Fsp3) is 0.182. The predicted octanol–water partition coefficient (Wildman–Crippen LogP) is 3.01. The molecule has 3 nitrogen and oxygen atoms in total. The largest absolute Gasteiger partial charge is 0.440 e. The van der Waals surface area contributed by atoms with Gasteiger partial charge in [-0.25, -0.2) is 4.98 Å². The van der Waals surface area contributed by atoms with Gasteiger partial charge in [0.15, 0.2) is 0 Å². The zero-order valence-electron chi connectivity index (χ0n) is 8.84. The summed E-state index contributed by atoms with van der Waals surface area (Å²) in [5.41, 5.74) is 6.93. The molecule has 2 N–H and O–H groups in total. The van der Waals surface area contributed by atoms with Crippen molar-refractivity contribution in [2.45, 2.75) is 21.6 Å². The predicted molar refractivity (Wildman–Crippen MR) is 66.7 cm³/mol. The molecule has 5 heteroatoms.